The molecule has 0 unspecified atom stereocenters. The van der Waals surface area contributed by atoms with Crippen LogP contribution in [0.3, 0.4) is 0 Å². The van der Waals surface area contributed by atoms with Crippen LogP contribution in [-0.2, 0) is 19.1 Å². The van der Waals surface area contributed by atoms with E-state index in [-0.39, 0.29) is 29.9 Å². The lowest BCUT2D eigenvalue weighted by Gasteiger charge is -2.29. The minimum atomic E-state index is -0.388. The normalized spacial score (nSPS) is 32.1. The quantitative estimate of drug-likeness (QED) is 0.736. The fourth-order valence-corrected chi connectivity index (χ4v) is 3.48. The average molecular weight is 268 g/mol. The van der Waals surface area contributed by atoms with Crippen LogP contribution in [0.2, 0.25) is 0 Å². The maximum absolute atomic E-state index is 12.2. The molecule has 0 amide bonds. The Kier molecular flexibility index (Phi) is 4.83. The summed E-state index contributed by atoms with van der Waals surface area (Å²) in [6, 6.07) is 0. The molecule has 1 saturated heterocycles. The van der Waals surface area contributed by atoms with Gasteiger partial charge in [-0.2, -0.15) is 0 Å². The van der Waals surface area contributed by atoms with Crippen LogP contribution >= 0.6 is 0 Å². The van der Waals surface area contributed by atoms with Crippen molar-refractivity contribution < 1.29 is 19.1 Å². The van der Waals surface area contributed by atoms with Crippen LogP contribution in [0.1, 0.15) is 52.4 Å². The number of esters is 2. The van der Waals surface area contributed by atoms with Crippen LogP contribution in [0.4, 0.5) is 0 Å². The van der Waals surface area contributed by atoms with Crippen LogP contribution in [-0.4, -0.2) is 24.6 Å². The molecule has 2 rings (SSSR count). The van der Waals surface area contributed by atoms with Crippen molar-refractivity contribution in [1.82, 2.24) is 0 Å². The summed E-state index contributed by atoms with van der Waals surface area (Å²) >= 11 is 0. The van der Waals surface area contributed by atoms with E-state index in [1.807, 2.05) is 6.92 Å². The van der Waals surface area contributed by atoms with Crippen LogP contribution in [0.25, 0.3) is 0 Å². The molecule has 19 heavy (non-hydrogen) atoms. The molecule has 1 saturated carbocycles. The van der Waals surface area contributed by atoms with Crippen molar-refractivity contribution in [1.29, 1.82) is 0 Å². The van der Waals surface area contributed by atoms with Gasteiger partial charge in [0.25, 0.3) is 0 Å². The van der Waals surface area contributed by atoms with Gasteiger partial charge in [-0.15, -0.1) is 0 Å². The molecule has 0 radical (unpaired) electrons. The molecule has 2 fully saturated rings. The van der Waals surface area contributed by atoms with E-state index >= 15 is 0 Å². The van der Waals surface area contributed by atoms with E-state index in [0.717, 1.165) is 12.8 Å². The minimum Gasteiger partial charge on any atom is -0.466 e. The lowest BCUT2D eigenvalue weighted by Crippen LogP contribution is -2.36. The summed E-state index contributed by atoms with van der Waals surface area (Å²) < 4.78 is 10.7. The third-order valence-corrected chi connectivity index (χ3v) is 4.46. The van der Waals surface area contributed by atoms with Gasteiger partial charge in [0.15, 0.2) is 0 Å². The van der Waals surface area contributed by atoms with Crippen molar-refractivity contribution >= 4 is 11.9 Å². The molecular weight excluding hydrogens is 244 g/mol. The van der Waals surface area contributed by atoms with Crippen LogP contribution in [0.15, 0.2) is 0 Å². The summed E-state index contributed by atoms with van der Waals surface area (Å²) in [6.07, 6.45) is 6.10. The third kappa shape index (κ3) is 2.93. The number of carbonyl (C=O) groups is 2. The molecule has 4 heteroatoms. The smallest absolute Gasteiger partial charge is 0.313 e. The Morgan fingerprint density at radius 1 is 1.26 bits per heavy atom. The monoisotopic (exact) mass is 268 g/mol. The highest BCUT2D eigenvalue weighted by Gasteiger charge is 2.51. The summed E-state index contributed by atoms with van der Waals surface area (Å²) in [5.74, 6) is -0.831. The van der Waals surface area contributed by atoms with Gasteiger partial charge >= 0.3 is 11.9 Å². The lowest BCUT2D eigenvalue weighted by atomic mass is 9.77. The first kappa shape index (κ1) is 14.4. The second kappa shape index (κ2) is 6.40. The number of hydrogen-bond donors (Lipinski definition) is 0. The second-order valence-electron chi connectivity index (χ2n) is 5.59. The standard InChI is InChI=1S/C15H24O4/c1-3-11-12(15(17)18-4-2)13(19-14(11)16)10-8-6-5-7-9-10/h10-13H,3-9H2,1-2H3/t11-,12-,13-/m1/s1. The third-order valence-electron chi connectivity index (χ3n) is 4.46. The fraction of sp³-hybridized carbons (Fsp3) is 0.867. The Hall–Kier alpha value is -1.06. The number of carbonyl (C=O) groups excluding carboxylic acids is 2. The van der Waals surface area contributed by atoms with Crippen molar-refractivity contribution in [3.05, 3.63) is 0 Å². The summed E-state index contributed by atoms with van der Waals surface area (Å²) in [6.45, 7) is 4.09. The van der Waals surface area contributed by atoms with Gasteiger partial charge in [-0.3, -0.25) is 9.59 Å². The maximum atomic E-state index is 12.2. The largest absolute Gasteiger partial charge is 0.466 e. The molecule has 1 aliphatic heterocycles. The van der Waals surface area contributed by atoms with Gasteiger partial charge in [-0.1, -0.05) is 26.2 Å². The van der Waals surface area contributed by atoms with Crippen molar-refractivity contribution in [2.75, 3.05) is 6.61 Å². The Labute approximate surface area is 114 Å². The van der Waals surface area contributed by atoms with E-state index in [1.165, 1.54) is 19.3 Å². The summed E-state index contributed by atoms with van der Waals surface area (Å²) in [5.41, 5.74) is 0. The van der Waals surface area contributed by atoms with Crippen molar-refractivity contribution in [2.45, 2.75) is 58.5 Å². The molecule has 0 bridgehead atoms. The minimum absolute atomic E-state index is 0.212. The zero-order chi connectivity index (χ0) is 13.8. The highest BCUT2D eigenvalue weighted by molar-refractivity contribution is 5.85. The molecule has 1 aliphatic carbocycles. The van der Waals surface area contributed by atoms with Gasteiger partial charge in [0.1, 0.15) is 12.0 Å². The highest BCUT2D eigenvalue weighted by Crippen LogP contribution is 2.40. The van der Waals surface area contributed by atoms with Crippen LogP contribution < -0.4 is 0 Å². The number of hydrogen-bond acceptors (Lipinski definition) is 4. The zero-order valence-corrected chi connectivity index (χ0v) is 11.9. The van der Waals surface area contributed by atoms with Gasteiger partial charge in [0, 0.05) is 0 Å². The Bertz CT molecular complexity index is 333. The molecule has 0 spiro atoms. The Balaban J connectivity index is 2.14. The van der Waals surface area contributed by atoms with E-state index < -0.39 is 0 Å². The van der Waals surface area contributed by atoms with Gasteiger partial charge in [-0.25, -0.2) is 0 Å². The summed E-state index contributed by atoms with van der Waals surface area (Å²) in [5, 5.41) is 0. The van der Waals surface area contributed by atoms with Gasteiger partial charge in [0.05, 0.1) is 12.5 Å². The maximum Gasteiger partial charge on any atom is 0.313 e. The van der Waals surface area contributed by atoms with Gasteiger partial charge in [0.2, 0.25) is 0 Å². The molecule has 108 valence electrons. The van der Waals surface area contributed by atoms with E-state index in [4.69, 9.17) is 9.47 Å². The van der Waals surface area contributed by atoms with Gasteiger partial charge < -0.3 is 9.47 Å². The van der Waals surface area contributed by atoms with Crippen molar-refractivity contribution in [3.63, 3.8) is 0 Å². The number of rotatable bonds is 4. The highest BCUT2D eigenvalue weighted by atomic mass is 16.6. The molecule has 0 aromatic rings. The SMILES string of the molecule is CCOC(=O)[C@H]1[C@@H](C2CCCCC2)OC(=O)[C@@H]1CC. The molecule has 3 atom stereocenters. The predicted molar refractivity (Wildman–Crippen MR) is 70.4 cm³/mol. The van der Waals surface area contributed by atoms with Crippen molar-refractivity contribution in [2.24, 2.45) is 17.8 Å². The molecule has 0 aromatic carbocycles. The first-order valence-corrected chi connectivity index (χ1v) is 7.56. The van der Waals surface area contributed by atoms with Gasteiger partial charge in [-0.05, 0) is 32.1 Å². The zero-order valence-electron chi connectivity index (χ0n) is 11.9. The molecular formula is C15H24O4. The average Bonchev–Trinajstić information content (AvgIpc) is 2.77. The van der Waals surface area contributed by atoms with Crippen LogP contribution in [0.5, 0.6) is 0 Å². The summed E-state index contributed by atoms with van der Waals surface area (Å²) in [4.78, 5) is 24.1. The number of cyclic esters (lactones) is 1. The van der Waals surface area contributed by atoms with E-state index in [2.05, 4.69) is 0 Å². The first-order chi connectivity index (χ1) is 9.19. The Morgan fingerprint density at radius 3 is 2.53 bits per heavy atom. The second-order valence-corrected chi connectivity index (χ2v) is 5.59. The molecule has 4 nitrogen and oxygen atoms in total. The molecule has 0 N–H and O–H groups in total. The van der Waals surface area contributed by atoms with E-state index in [0.29, 0.717) is 18.9 Å². The predicted octanol–water partition coefficient (Wildman–Crippen LogP) is 2.70. The van der Waals surface area contributed by atoms with E-state index in [9.17, 15) is 9.59 Å². The lowest BCUT2D eigenvalue weighted by molar-refractivity contribution is -0.152. The number of ether oxygens (including phenoxy) is 2. The summed E-state index contributed by atoms with van der Waals surface area (Å²) in [7, 11) is 0. The van der Waals surface area contributed by atoms with Crippen LogP contribution in [0, 0.1) is 17.8 Å². The molecule has 2 aliphatic rings. The molecule has 1 heterocycles. The fourth-order valence-electron chi connectivity index (χ4n) is 3.48. The van der Waals surface area contributed by atoms with E-state index in [1.54, 1.807) is 6.92 Å². The Morgan fingerprint density at radius 2 is 1.95 bits per heavy atom. The topological polar surface area (TPSA) is 52.6 Å². The van der Waals surface area contributed by atoms with Crippen molar-refractivity contribution in [3.8, 4) is 0 Å². The first-order valence-electron chi connectivity index (χ1n) is 7.56. The molecule has 0 aromatic heterocycles.